The van der Waals surface area contributed by atoms with E-state index in [1.807, 2.05) is 39.3 Å². The molecule has 0 aromatic rings. The Hall–Kier alpha value is -1.01. The molecule has 0 saturated carbocycles. The van der Waals surface area contributed by atoms with Crippen LogP contribution in [0.2, 0.25) is 0 Å². The first-order valence-electron chi connectivity index (χ1n) is 3.89. The molecule has 0 spiro atoms. The molecule has 0 saturated heterocycles. The van der Waals surface area contributed by atoms with Gasteiger partial charge in [0.05, 0.1) is 6.04 Å². The summed E-state index contributed by atoms with van der Waals surface area (Å²) in [4.78, 5) is 2.05. The average Bonchev–Trinajstić information content (AvgIpc) is 1.96. The van der Waals surface area contributed by atoms with Crippen molar-refractivity contribution in [2.75, 3.05) is 28.2 Å². The van der Waals surface area contributed by atoms with E-state index >= 15 is 0 Å². The Balaban J connectivity index is 4.05. The van der Waals surface area contributed by atoms with Crippen LogP contribution in [0.1, 0.15) is 6.42 Å². The molecule has 0 aliphatic heterocycles. The fourth-order valence-corrected chi connectivity index (χ4v) is 0.700. The van der Waals surface area contributed by atoms with E-state index in [9.17, 15) is 0 Å². The zero-order chi connectivity index (χ0) is 9.56. The first-order valence-corrected chi connectivity index (χ1v) is 3.89. The lowest BCUT2D eigenvalue weighted by Crippen LogP contribution is -2.29. The minimum Gasteiger partial charge on any atom is -0.303 e. The molecule has 0 bridgehead atoms. The van der Waals surface area contributed by atoms with Crippen LogP contribution in [0.15, 0.2) is 5.10 Å². The van der Waals surface area contributed by atoms with Crippen LogP contribution >= 0.6 is 0 Å². The van der Waals surface area contributed by atoms with Crippen molar-refractivity contribution in [3.05, 3.63) is 0 Å². The highest BCUT2D eigenvalue weighted by atomic mass is 15.4. The van der Waals surface area contributed by atoms with Crippen molar-refractivity contribution in [1.82, 2.24) is 9.91 Å². The predicted molar refractivity (Wildman–Crippen MR) is 53.1 cm³/mol. The maximum atomic E-state index is 5.22. The smallest absolute Gasteiger partial charge is 0.0573 e. The van der Waals surface area contributed by atoms with Crippen LogP contribution in [0.3, 0.4) is 0 Å². The molecule has 0 aromatic carbocycles. The highest BCUT2D eigenvalue weighted by Gasteiger charge is 2.05. The number of hydrogen-bond acceptors (Lipinski definition) is 3. The highest BCUT2D eigenvalue weighted by Crippen LogP contribution is 1.95. The molecular weight excluding hydrogens is 150 g/mol. The topological polar surface area (TPSA) is 18.8 Å². The average molecular weight is 167 g/mol. The Morgan fingerprint density at radius 2 is 2.00 bits per heavy atom. The third-order valence-corrected chi connectivity index (χ3v) is 1.46. The molecule has 12 heavy (non-hydrogen) atoms. The number of hydrogen-bond donors (Lipinski definition) is 0. The number of hydrazone groups is 1. The van der Waals surface area contributed by atoms with E-state index in [-0.39, 0.29) is 6.04 Å². The molecule has 0 aromatic heterocycles. The molecule has 0 aliphatic rings. The van der Waals surface area contributed by atoms with Gasteiger partial charge in [0, 0.05) is 26.7 Å². The molecule has 0 rings (SSSR count). The van der Waals surface area contributed by atoms with E-state index in [1.165, 1.54) is 0 Å². The van der Waals surface area contributed by atoms with Gasteiger partial charge in [-0.1, -0.05) is 0 Å². The van der Waals surface area contributed by atoms with Gasteiger partial charge < -0.3 is 9.91 Å². The Morgan fingerprint density at radius 1 is 1.42 bits per heavy atom. The van der Waals surface area contributed by atoms with Gasteiger partial charge in [-0.3, -0.25) is 0 Å². The normalized spacial score (nSPS) is 13.3. The van der Waals surface area contributed by atoms with Gasteiger partial charge in [-0.25, -0.2) is 0 Å². The van der Waals surface area contributed by atoms with Crippen LogP contribution in [0.25, 0.3) is 0 Å². The molecule has 3 nitrogen and oxygen atoms in total. The van der Waals surface area contributed by atoms with E-state index in [1.54, 1.807) is 5.01 Å². The summed E-state index contributed by atoms with van der Waals surface area (Å²) in [7, 11) is 7.76. The first-order chi connectivity index (χ1) is 5.57. The summed E-state index contributed by atoms with van der Waals surface area (Å²) in [5.41, 5.74) is 0. The fraction of sp³-hybridized carbons (Fsp3) is 0.667. The van der Waals surface area contributed by atoms with Crippen LogP contribution in [-0.2, 0) is 0 Å². The van der Waals surface area contributed by atoms with Crippen molar-refractivity contribution in [2.24, 2.45) is 5.10 Å². The number of terminal acetylenes is 1. The third kappa shape index (κ3) is 4.75. The van der Waals surface area contributed by atoms with Crippen molar-refractivity contribution in [1.29, 1.82) is 0 Å². The minimum atomic E-state index is 0.234. The zero-order valence-corrected chi connectivity index (χ0v) is 8.28. The standard InChI is InChI=1S/C9H17N3/c1-6-7-9(11(2)3)8-10-12(4)5/h1,8-9H,7H2,2-5H3/b10-8+. The van der Waals surface area contributed by atoms with Crippen LogP contribution in [0.5, 0.6) is 0 Å². The SMILES string of the molecule is C#CCC(/C=N/N(C)C)N(C)C. The van der Waals surface area contributed by atoms with Crippen molar-refractivity contribution in [3.8, 4) is 12.3 Å². The number of nitrogens with zero attached hydrogens (tertiary/aromatic N) is 3. The molecule has 0 heterocycles. The van der Waals surface area contributed by atoms with Crippen LogP contribution in [-0.4, -0.2) is 50.4 Å². The fourth-order valence-electron chi connectivity index (χ4n) is 0.700. The van der Waals surface area contributed by atoms with E-state index in [0.29, 0.717) is 6.42 Å². The lowest BCUT2D eigenvalue weighted by molar-refractivity contribution is 0.362. The maximum absolute atomic E-state index is 5.22. The molecule has 68 valence electrons. The molecule has 0 amide bonds. The van der Waals surface area contributed by atoms with Crippen LogP contribution in [0, 0.1) is 12.3 Å². The molecule has 0 aliphatic carbocycles. The molecule has 1 unspecified atom stereocenters. The van der Waals surface area contributed by atoms with E-state index < -0.39 is 0 Å². The first kappa shape index (κ1) is 11.0. The second-order valence-electron chi connectivity index (χ2n) is 3.05. The van der Waals surface area contributed by atoms with E-state index in [0.717, 1.165) is 0 Å². The van der Waals surface area contributed by atoms with Crippen molar-refractivity contribution in [2.45, 2.75) is 12.5 Å². The summed E-state index contributed by atoms with van der Waals surface area (Å²) in [5.74, 6) is 2.62. The van der Waals surface area contributed by atoms with E-state index in [2.05, 4.69) is 11.0 Å². The molecule has 3 heteroatoms. The monoisotopic (exact) mass is 167 g/mol. The van der Waals surface area contributed by atoms with Gasteiger partial charge in [-0.2, -0.15) is 5.10 Å². The molecule has 0 N–H and O–H groups in total. The minimum absolute atomic E-state index is 0.234. The summed E-state index contributed by atoms with van der Waals surface area (Å²) in [6.07, 6.45) is 7.78. The third-order valence-electron chi connectivity index (χ3n) is 1.46. The van der Waals surface area contributed by atoms with Crippen molar-refractivity contribution in [3.63, 3.8) is 0 Å². The lowest BCUT2D eigenvalue weighted by atomic mass is 10.2. The van der Waals surface area contributed by atoms with Gasteiger partial charge >= 0.3 is 0 Å². The molecule has 0 fully saturated rings. The van der Waals surface area contributed by atoms with Gasteiger partial charge in [-0.15, -0.1) is 12.3 Å². The van der Waals surface area contributed by atoms with Crippen LogP contribution < -0.4 is 0 Å². The Labute approximate surface area is 75.0 Å². The summed E-state index contributed by atoms with van der Waals surface area (Å²) in [6, 6.07) is 0.234. The molecule has 1 atom stereocenters. The Morgan fingerprint density at radius 3 is 2.33 bits per heavy atom. The van der Waals surface area contributed by atoms with Crippen molar-refractivity contribution < 1.29 is 0 Å². The van der Waals surface area contributed by atoms with Crippen LogP contribution in [0.4, 0.5) is 0 Å². The molecule has 0 radical (unpaired) electrons. The quantitative estimate of drug-likeness (QED) is 0.345. The second-order valence-corrected chi connectivity index (χ2v) is 3.05. The Kier molecular flexibility index (Phi) is 5.14. The Bertz CT molecular complexity index is 177. The summed E-state index contributed by atoms with van der Waals surface area (Å²) >= 11 is 0. The van der Waals surface area contributed by atoms with Gasteiger partial charge in [0.25, 0.3) is 0 Å². The van der Waals surface area contributed by atoms with Gasteiger partial charge in [0.15, 0.2) is 0 Å². The van der Waals surface area contributed by atoms with Gasteiger partial charge in [0.2, 0.25) is 0 Å². The molecular formula is C9H17N3. The maximum Gasteiger partial charge on any atom is 0.0573 e. The predicted octanol–water partition coefficient (Wildman–Crippen LogP) is 0.487. The zero-order valence-electron chi connectivity index (χ0n) is 8.28. The second kappa shape index (κ2) is 5.62. The number of rotatable bonds is 4. The highest BCUT2D eigenvalue weighted by molar-refractivity contribution is 5.64. The lowest BCUT2D eigenvalue weighted by Gasteiger charge is -2.18. The van der Waals surface area contributed by atoms with Gasteiger partial charge in [0.1, 0.15) is 0 Å². The summed E-state index contributed by atoms with van der Waals surface area (Å²) < 4.78 is 0. The summed E-state index contributed by atoms with van der Waals surface area (Å²) in [6.45, 7) is 0. The summed E-state index contributed by atoms with van der Waals surface area (Å²) in [5, 5.41) is 5.89. The van der Waals surface area contributed by atoms with Gasteiger partial charge in [-0.05, 0) is 14.1 Å². The van der Waals surface area contributed by atoms with E-state index in [4.69, 9.17) is 6.42 Å². The van der Waals surface area contributed by atoms with Crippen molar-refractivity contribution >= 4 is 6.21 Å². The largest absolute Gasteiger partial charge is 0.303 e.